The summed E-state index contributed by atoms with van der Waals surface area (Å²) in [6, 6.07) is 7.17. The molecule has 0 bridgehead atoms. The standard InChI is InChI=1S/C18H21N5O4S/c1-19-17(28)23-13(10-5-7-11(27-4)8-6-10)9-12(20-23)14-15(24)21(2)18(26)22(3)16(14)25/h5-8,13,24H,9H2,1-4H3,(H,19,28). The van der Waals surface area contributed by atoms with Gasteiger partial charge in [0.25, 0.3) is 5.56 Å². The minimum absolute atomic E-state index is 0.00971. The van der Waals surface area contributed by atoms with Crippen molar-refractivity contribution in [1.29, 1.82) is 0 Å². The van der Waals surface area contributed by atoms with Crippen LogP contribution in [0.1, 0.15) is 23.6 Å². The lowest BCUT2D eigenvalue weighted by atomic mass is 9.99. The highest BCUT2D eigenvalue weighted by Crippen LogP contribution is 2.34. The van der Waals surface area contributed by atoms with Crippen molar-refractivity contribution in [3.63, 3.8) is 0 Å². The number of ether oxygens (including phenoxy) is 1. The molecule has 0 saturated heterocycles. The van der Waals surface area contributed by atoms with E-state index in [9.17, 15) is 14.7 Å². The molecule has 0 saturated carbocycles. The second kappa shape index (κ2) is 7.47. The number of benzene rings is 1. The zero-order chi connectivity index (χ0) is 20.6. The van der Waals surface area contributed by atoms with Gasteiger partial charge in [0.05, 0.1) is 18.9 Å². The van der Waals surface area contributed by atoms with Crippen LogP contribution in [0.5, 0.6) is 11.6 Å². The van der Waals surface area contributed by atoms with Gasteiger partial charge in [-0.15, -0.1) is 0 Å². The van der Waals surface area contributed by atoms with Crippen LogP contribution in [0.25, 0.3) is 0 Å². The summed E-state index contributed by atoms with van der Waals surface area (Å²) in [6.45, 7) is 0. The van der Waals surface area contributed by atoms with E-state index < -0.39 is 17.1 Å². The van der Waals surface area contributed by atoms with Crippen molar-refractivity contribution in [1.82, 2.24) is 19.5 Å². The Labute approximate surface area is 166 Å². The molecule has 1 unspecified atom stereocenters. The van der Waals surface area contributed by atoms with Crippen molar-refractivity contribution >= 4 is 23.0 Å². The van der Waals surface area contributed by atoms with Crippen LogP contribution in [0.3, 0.4) is 0 Å². The van der Waals surface area contributed by atoms with Gasteiger partial charge in [-0.25, -0.2) is 9.80 Å². The average Bonchev–Trinajstić information content (AvgIpc) is 3.15. The minimum atomic E-state index is -0.612. The molecule has 1 aliphatic rings. The third kappa shape index (κ3) is 3.15. The van der Waals surface area contributed by atoms with Crippen LogP contribution in [0.15, 0.2) is 39.0 Å². The maximum atomic E-state index is 12.6. The number of hydrogen-bond donors (Lipinski definition) is 2. The van der Waals surface area contributed by atoms with Gasteiger partial charge in [0.2, 0.25) is 5.88 Å². The third-order valence-electron chi connectivity index (χ3n) is 4.76. The molecule has 1 atom stereocenters. The highest BCUT2D eigenvalue weighted by atomic mass is 32.1. The van der Waals surface area contributed by atoms with E-state index >= 15 is 0 Å². The fourth-order valence-corrected chi connectivity index (χ4v) is 3.30. The van der Waals surface area contributed by atoms with Gasteiger partial charge in [0.1, 0.15) is 11.3 Å². The summed E-state index contributed by atoms with van der Waals surface area (Å²) in [6.07, 6.45) is 0.329. The minimum Gasteiger partial charge on any atom is -0.497 e. The second-order valence-corrected chi connectivity index (χ2v) is 6.73. The van der Waals surface area contributed by atoms with E-state index in [0.29, 0.717) is 17.2 Å². The Balaban J connectivity index is 2.10. The summed E-state index contributed by atoms with van der Waals surface area (Å²) in [5.41, 5.74) is 0.0409. The zero-order valence-electron chi connectivity index (χ0n) is 16.0. The van der Waals surface area contributed by atoms with Crippen molar-refractivity contribution in [2.75, 3.05) is 14.2 Å². The number of hydrogen-bond acceptors (Lipinski definition) is 6. The quantitative estimate of drug-likeness (QED) is 0.718. The topological polar surface area (TPSA) is 101 Å². The summed E-state index contributed by atoms with van der Waals surface area (Å²) >= 11 is 5.36. The van der Waals surface area contributed by atoms with Crippen LogP contribution in [0, 0.1) is 0 Å². The molecule has 28 heavy (non-hydrogen) atoms. The first-order chi connectivity index (χ1) is 13.3. The van der Waals surface area contributed by atoms with Crippen molar-refractivity contribution < 1.29 is 9.84 Å². The Morgan fingerprint density at radius 1 is 1.25 bits per heavy atom. The van der Waals surface area contributed by atoms with Gasteiger partial charge in [-0.3, -0.25) is 13.9 Å². The van der Waals surface area contributed by atoms with Gasteiger partial charge in [-0.1, -0.05) is 12.1 Å². The van der Waals surface area contributed by atoms with Crippen LogP contribution in [0.4, 0.5) is 0 Å². The number of aromatic nitrogens is 2. The molecule has 0 aliphatic carbocycles. The molecule has 3 rings (SSSR count). The van der Waals surface area contributed by atoms with Gasteiger partial charge in [-0.2, -0.15) is 5.10 Å². The number of thiocarbonyl (C=S) groups is 1. The first-order valence-electron chi connectivity index (χ1n) is 8.51. The monoisotopic (exact) mass is 403 g/mol. The van der Waals surface area contributed by atoms with Gasteiger partial charge in [0, 0.05) is 27.6 Å². The molecule has 0 spiro atoms. The molecule has 0 fully saturated rings. The summed E-state index contributed by atoms with van der Waals surface area (Å²) in [7, 11) is 6.03. The number of nitrogens with zero attached hydrogens (tertiary/aromatic N) is 4. The van der Waals surface area contributed by atoms with Gasteiger partial charge in [0.15, 0.2) is 5.11 Å². The molecule has 2 aromatic rings. The van der Waals surface area contributed by atoms with E-state index in [1.807, 2.05) is 24.3 Å². The SMILES string of the molecule is CNC(=S)N1N=C(c2c(O)n(C)c(=O)n(C)c2=O)CC1c1ccc(OC)cc1. The van der Waals surface area contributed by atoms with Crippen LogP contribution in [-0.4, -0.2) is 44.2 Å². The van der Waals surface area contributed by atoms with Gasteiger partial charge < -0.3 is 15.2 Å². The van der Waals surface area contributed by atoms with Crippen LogP contribution in [0.2, 0.25) is 0 Å². The lowest BCUT2D eigenvalue weighted by Gasteiger charge is -2.23. The maximum absolute atomic E-state index is 12.6. The number of hydrazone groups is 1. The molecule has 0 radical (unpaired) electrons. The molecule has 0 amide bonds. The number of aromatic hydroxyl groups is 1. The molecular weight excluding hydrogens is 382 g/mol. The van der Waals surface area contributed by atoms with E-state index in [1.165, 1.54) is 14.1 Å². The zero-order valence-corrected chi connectivity index (χ0v) is 16.8. The largest absolute Gasteiger partial charge is 0.497 e. The second-order valence-electron chi connectivity index (χ2n) is 6.34. The van der Waals surface area contributed by atoms with Crippen molar-refractivity contribution in [2.45, 2.75) is 12.5 Å². The molecule has 1 aromatic carbocycles. The van der Waals surface area contributed by atoms with Crippen LogP contribution < -0.4 is 21.3 Å². The Morgan fingerprint density at radius 2 is 1.89 bits per heavy atom. The first-order valence-corrected chi connectivity index (χ1v) is 8.92. The predicted molar refractivity (Wildman–Crippen MR) is 109 cm³/mol. The lowest BCUT2D eigenvalue weighted by molar-refractivity contribution is 0.365. The lowest BCUT2D eigenvalue weighted by Crippen LogP contribution is -2.39. The number of rotatable bonds is 3. The molecule has 10 heteroatoms. The van der Waals surface area contributed by atoms with Gasteiger partial charge >= 0.3 is 5.69 Å². The van der Waals surface area contributed by atoms with Crippen molar-refractivity contribution in [3.8, 4) is 11.6 Å². The fourth-order valence-electron chi connectivity index (χ4n) is 3.13. The van der Waals surface area contributed by atoms with Crippen molar-refractivity contribution in [3.05, 3.63) is 56.2 Å². The third-order valence-corrected chi connectivity index (χ3v) is 5.15. The predicted octanol–water partition coefficient (Wildman–Crippen LogP) is 0.454. The van der Waals surface area contributed by atoms with E-state index in [1.54, 1.807) is 19.2 Å². The van der Waals surface area contributed by atoms with Crippen molar-refractivity contribution in [2.24, 2.45) is 19.2 Å². The number of methoxy groups -OCH3 is 1. The molecule has 9 nitrogen and oxygen atoms in total. The van der Waals surface area contributed by atoms with E-state index in [-0.39, 0.29) is 11.6 Å². The Kier molecular flexibility index (Phi) is 5.23. The van der Waals surface area contributed by atoms with E-state index in [2.05, 4.69) is 10.4 Å². The normalized spacial score (nSPS) is 16.1. The summed E-state index contributed by atoms with van der Waals surface area (Å²) in [5, 5.41) is 19.8. The molecule has 1 aromatic heterocycles. The van der Waals surface area contributed by atoms with E-state index in [0.717, 1.165) is 20.4 Å². The van der Waals surface area contributed by atoms with Crippen LogP contribution >= 0.6 is 12.2 Å². The molecular formula is C18H21N5O4S. The molecule has 2 heterocycles. The fraction of sp³-hybridized carbons (Fsp3) is 0.333. The molecule has 1 aliphatic heterocycles. The molecule has 2 N–H and O–H groups in total. The smallest absolute Gasteiger partial charge is 0.333 e. The van der Waals surface area contributed by atoms with E-state index in [4.69, 9.17) is 17.0 Å². The maximum Gasteiger partial charge on any atom is 0.333 e. The Morgan fingerprint density at radius 3 is 2.46 bits per heavy atom. The summed E-state index contributed by atoms with van der Waals surface area (Å²) in [4.78, 5) is 24.7. The summed E-state index contributed by atoms with van der Waals surface area (Å²) < 4.78 is 7.15. The number of nitrogens with one attached hydrogen (secondary N) is 1. The van der Waals surface area contributed by atoms with Gasteiger partial charge in [-0.05, 0) is 29.9 Å². The summed E-state index contributed by atoms with van der Waals surface area (Å²) in [5.74, 6) is 0.299. The Hall–Kier alpha value is -3.14. The average molecular weight is 403 g/mol. The van der Waals surface area contributed by atoms with Crippen LogP contribution in [-0.2, 0) is 14.1 Å². The highest BCUT2D eigenvalue weighted by molar-refractivity contribution is 7.80. The first kappa shape index (κ1) is 19.6. The molecule has 148 valence electrons. The highest BCUT2D eigenvalue weighted by Gasteiger charge is 2.34. The Bertz CT molecular complexity index is 1070.